The van der Waals surface area contributed by atoms with Gasteiger partial charge in [-0.1, -0.05) is 43.4 Å². The maximum absolute atomic E-state index is 6.54. The summed E-state index contributed by atoms with van der Waals surface area (Å²) in [6.45, 7) is 7.96. The molecule has 1 aliphatic heterocycles. The molecule has 1 aromatic rings. The highest BCUT2D eigenvalue weighted by Crippen LogP contribution is 2.30. The minimum absolute atomic E-state index is 0.152. The predicted octanol–water partition coefficient (Wildman–Crippen LogP) is 3.52. The Morgan fingerprint density at radius 2 is 1.90 bits per heavy atom. The van der Waals surface area contributed by atoms with Gasteiger partial charge in [0.05, 0.1) is 0 Å². The second kappa shape index (κ2) is 7.54. The monoisotopic (exact) mass is 308 g/mol. The molecule has 20 heavy (non-hydrogen) atoms. The zero-order valence-electron chi connectivity index (χ0n) is 13.1. The van der Waals surface area contributed by atoms with Crippen LogP contribution < -0.4 is 0 Å². The van der Waals surface area contributed by atoms with E-state index in [2.05, 4.69) is 50.0 Å². The maximum Gasteiger partial charge on any atom is 0.177 e. The molecule has 2 nitrogen and oxygen atoms in total. The van der Waals surface area contributed by atoms with E-state index in [9.17, 15) is 0 Å². The summed E-state index contributed by atoms with van der Waals surface area (Å²) in [7, 11) is -2.11. The molecule has 0 radical (unpaired) electrons. The van der Waals surface area contributed by atoms with Crippen LogP contribution in [-0.4, -0.2) is 29.9 Å². The Morgan fingerprint density at radius 3 is 2.50 bits per heavy atom. The van der Waals surface area contributed by atoms with Crippen molar-refractivity contribution in [3.63, 3.8) is 0 Å². The van der Waals surface area contributed by atoms with Gasteiger partial charge >= 0.3 is 0 Å². The molecule has 1 fully saturated rings. The lowest BCUT2D eigenvalue weighted by Gasteiger charge is -2.42. The summed E-state index contributed by atoms with van der Waals surface area (Å²) in [5, 5.41) is 0. The SMILES string of the molecule is C[SiH](CCc1ccccc1)OC1([SiH](C)C)CCCCO1. The molecular weight excluding hydrogens is 280 g/mol. The Hall–Kier alpha value is -0.426. The number of hydrogen-bond donors (Lipinski definition) is 0. The molecule has 1 aromatic carbocycles. The second-order valence-corrected chi connectivity index (χ2v) is 11.8. The van der Waals surface area contributed by atoms with E-state index in [1.807, 2.05) is 0 Å². The molecule has 0 bridgehead atoms. The third-order valence-corrected chi connectivity index (χ3v) is 8.75. The van der Waals surface area contributed by atoms with Crippen LogP contribution in [0.5, 0.6) is 0 Å². The fraction of sp³-hybridized carbons (Fsp3) is 0.625. The third-order valence-electron chi connectivity index (χ3n) is 4.23. The molecular formula is C16H28O2Si2. The van der Waals surface area contributed by atoms with Crippen LogP contribution in [-0.2, 0) is 15.6 Å². The highest BCUT2D eigenvalue weighted by atomic mass is 28.3. The molecule has 0 aliphatic carbocycles. The van der Waals surface area contributed by atoms with Crippen molar-refractivity contribution in [3.8, 4) is 0 Å². The van der Waals surface area contributed by atoms with Crippen molar-refractivity contribution in [3.05, 3.63) is 35.9 Å². The van der Waals surface area contributed by atoms with Crippen LogP contribution in [0.15, 0.2) is 30.3 Å². The summed E-state index contributed by atoms with van der Waals surface area (Å²) in [6, 6.07) is 12.0. The summed E-state index contributed by atoms with van der Waals surface area (Å²) in [6.07, 6.45) is 4.74. The van der Waals surface area contributed by atoms with Gasteiger partial charge in [-0.3, -0.25) is 0 Å². The van der Waals surface area contributed by atoms with Gasteiger partial charge < -0.3 is 9.16 Å². The third kappa shape index (κ3) is 4.28. The Kier molecular flexibility index (Phi) is 6.02. The number of hydrogen-bond acceptors (Lipinski definition) is 2. The number of benzene rings is 1. The van der Waals surface area contributed by atoms with Crippen molar-refractivity contribution in [1.82, 2.24) is 0 Å². The van der Waals surface area contributed by atoms with E-state index in [1.165, 1.54) is 24.4 Å². The van der Waals surface area contributed by atoms with Crippen LogP contribution in [0.25, 0.3) is 0 Å². The van der Waals surface area contributed by atoms with E-state index in [0.717, 1.165) is 19.4 Å². The van der Waals surface area contributed by atoms with Gasteiger partial charge in [-0.15, -0.1) is 0 Å². The Labute approximate surface area is 126 Å². The van der Waals surface area contributed by atoms with Crippen molar-refractivity contribution < 1.29 is 9.16 Å². The van der Waals surface area contributed by atoms with Gasteiger partial charge in [0, 0.05) is 6.61 Å². The molecule has 112 valence electrons. The van der Waals surface area contributed by atoms with Crippen LogP contribution in [0, 0.1) is 0 Å². The fourth-order valence-corrected chi connectivity index (χ4v) is 7.63. The van der Waals surface area contributed by atoms with Crippen LogP contribution in [0.4, 0.5) is 0 Å². The van der Waals surface area contributed by atoms with Crippen LogP contribution in [0.2, 0.25) is 25.7 Å². The number of rotatable bonds is 6. The van der Waals surface area contributed by atoms with Crippen LogP contribution in [0.3, 0.4) is 0 Å². The van der Waals surface area contributed by atoms with E-state index in [4.69, 9.17) is 9.16 Å². The van der Waals surface area contributed by atoms with Gasteiger partial charge in [-0.2, -0.15) is 0 Å². The first-order valence-electron chi connectivity index (χ1n) is 7.98. The van der Waals surface area contributed by atoms with Crippen molar-refractivity contribution in [1.29, 1.82) is 0 Å². The Morgan fingerprint density at radius 1 is 1.15 bits per heavy atom. The zero-order valence-corrected chi connectivity index (χ0v) is 15.4. The average Bonchev–Trinajstić information content (AvgIpc) is 2.47. The smallest absolute Gasteiger partial charge is 0.177 e. The second-order valence-electron chi connectivity index (χ2n) is 6.22. The van der Waals surface area contributed by atoms with Crippen molar-refractivity contribution in [2.45, 2.75) is 56.8 Å². The van der Waals surface area contributed by atoms with E-state index in [-0.39, 0.29) is 5.41 Å². The molecule has 2 rings (SSSR count). The highest BCUT2D eigenvalue weighted by Gasteiger charge is 2.39. The lowest BCUT2D eigenvalue weighted by Crippen LogP contribution is -2.52. The van der Waals surface area contributed by atoms with Crippen molar-refractivity contribution in [2.75, 3.05) is 6.61 Å². The number of aryl methyl sites for hydroxylation is 1. The zero-order chi connectivity index (χ0) is 14.4. The minimum atomic E-state index is -1.16. The maximum atomic E-state index is 6.54. The fourth-order valence-electron chi connectivity index (χ4n) is 2.89. The molecule has 0 saturated carbocycles. The first-order chi connectivity index (χ1) is 9.62. The normalized spacial score (nSPS) is 24.8. The highest BCUT2D eigenvalue weighted by molar-refractivity contribution is 6.60. The number of ether oxygens (including phenoxy) is 1. The van der Waals surface area contributed by atoms with Crippen molar-refractivity contribution >= 4 is 17.8 Å². The Balaban J connectivity index is 1.87. The average molecular weight is 309 g/mol. The van der Waals surface area contributed by atoms with Gasteiger partial charge in [-0.25, -0.2) is 0 Å². The molecule has 0 amide bonds. The largest absolute Gasteiger partial charge is 0.397 e. The lowest BCUT2D eigenvalue weighted by molar-refractivity contribution is -0.151. The van der Waals surface area contributed by atoms with E-state index < -0.39 is 17.8 Å². The molecule has 0 aromatic heterocycles. The first kappa shape index (κ1) is 16.0. The summed E-state index contributed by atoms with van der Waals surface area (Å²) in [5.41, 5.74) is 1.27. The molecule has 1 saturated heterocycles. The quantitative estimate of drug-likeness (QED) is 0.749. The summed E-state index contributed by atoms with van der Waals surface area (Å²) >= 11 is 0. The summed E-state index contributed by atoms with van der Waals surface area (Å²) < 4.78 is 12.7. The Bertz CT molecular complexity index is 389. The molecule has 2 atom stereocenters. The van der Waals surface area contributed by atoms with E-state index >= 15 is 0 Å². The van der Waals surface area contributed by atoms with Crippen LogP contribution in [0.1, 0.15) is 24.8 Å². The molecule has 1 heterocycles. The van der Waals surface area contributed by atoms with E-state index in [1.54, 1.807) is 0 Å². The van der Waals surface area contributed by atoms with Gasteiger partial charge in [0.1, 0.15) is 14.2 Å². The summed E-state index contributed by atoms with van der Waals surface area (Å²) in [4.78, 5) is 0. The van der Waals surface area contributed by atoms with E-state index in [0.29, 0.717) is 0 Å². The lowest BCUT2D eigenvalue weighted by atomic mass is 10.2. The van der Waals surface area contributed by atoms with Gasteiger partial charge in [0.2, 0.25) is 0 Å². The molecule has 0 N–H and O–H groups in total. The first-order valence-corrected chi connectivity index (χ1v) is 13.3. The van der Waals surface area contributed by atoms with Gasteiger partial charge in [-0.05, 0) is 43.8 Å². The minimum Gasteiger partial charge on any atom is -0.397 e. The van der Waals surface area contributed by atoms with Crippen LogP contribution >= 0.6 is 0 Å². The molecule has 4 heteroatoms. The molecule has 2 unspecified atom stereocenters. The predicted molar refractivity (Wildman–Crippen MR) is 90.5 cm³/mol. The van der Waals surface area contributed by atoms with Crippen molar-refractivity contribution in [2.24, 2.45) is 0 Å². The summed E-state index contributed by atoms with van der Waals surface area (Å²) in [5.74, 6) is 0. The standard InChI is InChI=1S/C16H28O2Si2/c1-19(2)16(12-7-8-13-17-16)18-20(3)14-11-15-9-5-4-6-10-15/h4-6,9-10,19-20H,7-8,11-14H2,1-3H3. The van der Waals surface area contributed by atoms with Gasteiger partial charge in [0.15, 0.2) is 9.04 Å². The molecule has 0 spiro atoms. The molecule has 1 aliphatic rings. The van der Waals surface area contributed by atoms with Gasteiger partial charge in [0.25, 0.3) is 0 Å². The topological polar surface area (TPSA) is 18.5 Å².